The summed E-state index contributed by atoms with van der Waals surface area (Å²) >= 11 is 0. The lowest BCUT2D eigenvalue weighted by Crippen LogP contribution is -2.46. The average molecular weight is 248 g/mol. The van der Waals surface area contributed by atoms with E-state index in [1.54, 1.807) is 0 Å². The molecule has 1 aromatic heterocycles. The maximum atomic E-state index is 5.52. The second-order valence-corrected chi connectivity index (χ2v) is 4.93. The molecule has 1 saturated heterocycles. The van der Waals surface area contributed by atoms with Gasteiger partial charge in [0.25, 0.3) is 0 Å². The Morgan fingerprint density at radius 1 is 1.06 bits per heavy atom. The Morgan fingerprint density at radius 2 is 1.83 bits per heavy atom. The predicted octanol–water partition coefficient (Wildman–Crippen LogP) is 0.938. The first kappa shape index (κ1) is 13.5. The SMILES string of the molecule is NCCCCN1CCN(Cc2ccccn2)CC1. The van der Waals surface area contributed by atoms with Crippen molar-refractivity contribution in [1.29, 1.82) is 0 Å². The summed E-state index contributed by atoms with van der Waals surface area (Å²) < 4.78 is 0. The van der Waals surface area contributed by atoms with Gasteiger partial charge in [-0.15, -0.1) is 0 Å². The zero-order valence-electron chi connectivity index (χ0n) is 11.1. The fourth-order valence-corrected chi connectivity index (χ4v) is 2.37. The molecule has 4 heteroatoms. The summed E-state index contributed by atoms with van der Waals surface area (Å²) in [5.41, 5.74) is 6.69. The van der Waals surface area contributed by atoms with Gasteiger partial charge < -0.3 is 10.6 Å². The summed E-state index contributed by atoms with van der Waals surface area (Å²) in [4.78, 5) is 9.42. The molecule has 18 heavy (non-hydrogen) atoms. The topological polar surface area (TPSA) is 45.4 Å². The number of hydrogen-bond acceptors (Lipinski definition) is 4. The Kier molecular flexibility index (Phi) is 5.58. The first-order chi connectivity index (χ1) is 8.88. The Morgan fingerprint density at radius 3 is 2.50 bits per heavy atom. The molecule has 100 valence electrons. The molecule has 0 spiro atoms. The third-order valence-electron chi connectivity index (χ3n) is 3.51. The summed E-state index contributed by atoms with van der Waals surface area (Å²) in [5, 5.41) is 0. The van der Waals surface area contributed by atoms with Gasteiger partial charge in [-0.05, 0) is 38.1 Å². The highest BCUT2D eigenvalue weighted by Gasteiger charge is 2.16. The largest absolute Gasteiger partial charge is 0.330 e. The Labute approximate surface area is 110 Å². The zero-order chi connectivity index (χ0) is 12.6. The third kappa shape index (κ3) is 4.37. The lowest BCUT2D eigenvalue weighted by atomic mass is 10.2. The van der Waals surface area contributed by atoms with Crippen molar-refractivity contribution in [2.75, 3.05) is 39.3 Å². The molecule has 1 aromatic rings. The first-order valence-corrected chi connectivity index (χ1v) is 6.93. The van der Waals surface area contributed by atoms with Crippen LogP contribution in [0.2, 0.25) is 0 Å². The third-order valence-corrected chi connectivity index (χ3v) is 3.51. The molecule has 0 saturated carbocycles. The van der Waals surface area contributed by atoms with Crippen LogP contribution in [0.15, 0.2) is 24.4 Å². The minimum atomic E-state index is 0.819. The molecule has 0 atom stereocenters. The minimum Gasteiger partial charge on any atom is -0.330 e. The van der Waals surface area contributed by atoms with Crippen LogP contribution in [-0.2, 0) is 6.54 Å². The summed E-state index contributed by atoms with van der Waals surface area (Å²) in [5.74, 6) is 0. The summed E-state index contributed by atoms with van der Waals surface area (Å²) in [6, 6.07) is 6.14. The van der Waals surface area contributed by atoms with Gasteiger partial charge in [0.15, 0.2) is 0 Å². The number of unbranched alkanes of at least 4 members (excludes halogenated alkanes) is 1. The van der Waals surface area contributed by atoms with Gasteiger partial charge in [-0.3, -0.25) is 9.88 Å². The smallest absolute Gasteiger partial charge is 0.0543 e. The highest BCUT2D eigenvalue weighted by molar-refractivity contribution is 5.03. The van der Waals surface area contributed by atoms with E-state index >= 15 is 0 Å². The first-order valence-electron chi connectivity index (χ1n) is 6.93. The number of pyridine rings is 1. The van der Waals surface area contributed by atoms with E-state index < -0.39 is 0 Å². The van der Waals surface area contributed by atoms with Gasteiger partial charge in [0.05, 0.1) is 5.69 Å². The van der Waals surface area contributed by atoms with Crippen molar-refractivity contribution in [2.45, 2.75) is 19.4 Å². The van der Waals surface area contributed by atoms with E-state index in [9.17, 15) is 0 Å². The van der Waals surface area contributed by atoms with Gasteiger partial charge in [-0.1, -0.05) is 6.07 Å². The lowest BCUT2D eigenvalue weighted by molar-refractivity contribution is 0.125. The molecule has 0 bridgehead atoms. The van der Waals surface area contributed by atoms with Gasteiger partial charge in [0.1, 0.15) is 0 Å². The average Bonchev–Trinajstić information content (AvgIpc) is 2.42. The second kappa shape index (κ2) is 7.46. The predicted molar refractivity (Wildman–Crippen MR) is 74.2 cm³/mol. The Hall–Kier alpha value is -0.970. The summed E-state index contributed by atoms with van der Waals surface area (Å²) in [6.45, 7) is 7.67. The van der Waals surface area contributed by atoms with E-state index in [1.807, 2.05) is 12.3 Å². The number of nitrogens with zero attached hydrogens (tertiary/aromatic N) is 3. The standard InChI is InChI=1S/C14H24N4/c15-6-2-4-8-17-9-11-18(12-10-17)13-14-5-1-3-7-16-14/h1,3,5,7H,2,4,6,8-13,15H2. The molecular weight excluding hydrogens is 224 g/mol. The van der Waals surface area contributed by atoms with Crippen molar-refractivity contribution in [3.05, 3.63) is 30.1 Å². The highest BCUT2D eigenvalue weighted by atomic mass is 15.3. The van der Waals surface area contributed by atoms with Crippen molar-refractivity contribution in [3.8, 4) is 0 Å². The number of rotatable bonds is 6. The van der Waals surface area contributed by atoms with Gasteiger partial charge in [-0.25, -0.2) is 0 Å². The van der Waals surface area contributed by atoms with Gasteiger partial charge >= 0.3 is 0 Å². The van der Waals surface area contributed by atoms with Gasteiger partial charge in [0, 0.05) is 38.9 Å². The number of nitrogens with two attached hydrogens (primary N) is 1. The molecule has 0 radical (unpaired) electrons. The molecule has 0 amide bonds. The van der Waals surface area contributed by atoms with Crippen LogP contribution in [0.3, 0.4) is 0 Å². The van der Waals surface area contributed by atoms with E-state index in [-0.39, 0.29) is 0 Å². The maximum Gasteiger partial charge on any atom is 0.0543 e. The van der Waals surface area contributed by atoms with E-state index in [0.29, 0.717) is 0 Å². The molecule has 2 N–H and O–H groups in total. The molecule has 1 aliphatic heterocycles. The molecule has 2 rings (SSSR count). The van der Waals surface area contributed by atoms with Crippen molar-refractivity contribution < 1.29 is 0 Å². The van der Waals surface area contributed by atoms with E-state index in [1.165, 1.54) is 31.7 Å². The van der Waals surface area contributed by atoms with Crippen molar-refractivity contribution >= 4 is 0 Å². The lowest BCUT2D eigenvalue weighted by Gasteiger charge is -2.34. The Bertz CT molecular complexity index is 320. The normalized spacial score (nSPS) is 18.1. The molecular formula is C14H24N4. The molecule has 4 nitrogen and oxygen atoms in total. The number of hydrogen-bond donors (Lipinski definition) is 1. The summed E-state index contributed by atoms with van der Waals surface area (Å²) in [7, 11) is 0. The van der Waals surface area contributed by atoms with Crippen LogP contribution in [0.5, 0.6) is 0 Å². The summed E-state index contributed by atoms with van der Waals surface area (Å²) in [6.07, 6.45) is 4.25. The van der Waals surface area contributed by atoms with Gasteiger partial charge in [-0.2, -0.15) is 0 Å². The minimum absolute atomic E-state index is 0.819. The molecule has 1 fully saturated rings. The van der Waals surface area contributed by atoms with Crippen LogP contribution in [0.1, 0.15) is 18.5 Å². The van der Waals surface area contributed by atoms with Crippen molar-refractivity contribution in [1.82, 2.24) is 14.8 Å². The molecule has 0 unspecified atom stereocenters. The van der Waals surface area contributed by atoms with Crippen molar-refractivity contribution in [2.24, 2.45) is 5.73 Å². The molecule has 2 heterocycles. The van der Waals surface area contributed by atoms with Crippen LogP contribution >= 0.6 is 0 Å². The molecule has 1 aliphatic rings. The number of piperazine rings is 1. The van der Waals surface area contributed by atoms with Crippen LogP contribution in [0.25, 0.3) is 0 Å². The van der Waals surface area contributed by atoms with Crippen LogP contribution < -0.4 is 5.73 Å². The van der Waals surface area contributed by atoms with Crippen LogP contribution in [0.4, 0.5) is 0 Å². The fraction of sp³-hybridized carbons (Fsp3) is 0.643. The quantitative estimate of drug-likeness (QED) is 0.761. The highest BCUT2D eigenvalue weighted by Crippen LogP contribution is 2.07. The maximum absolute atomic E-state index is 5.52. The monoisotopic (exact) mass is 248 g/mol. The second-order valence-electron chi connectivity index (χ2n) is 4.93. The molecule has 0 aliphatic carbocycles. The van der Waals surface area contributed by atoms with Crippen LogP contribution in [0, 0.1) is 0 Å². The van der Waals surface area contributed by atoms with E-state index in [4.69, 9.17) is 5.73 Å². The molecule has 0 aromatic carbocycles. The zero-order valence-corrected chi connectivity index (χ0v) is 11.1. The Balaban J connectivity index is 1.67. The van der Waals surface area contributed by atoms with Crippen molar-refractivity contribution in [3.63, 3.8) is 0 Å². The van der Waals surface area contributed by atoms with E-state index in [2.05, 4.69) is 26.9 Å². The van der Waals surface area contributed by atoms with E-state index in [0.717, 1.165) is 32.6 Å². The fourth-order valence-electron chi connectivity index (χ4n) is 2.37. The number of aromatic nitrogens is 1. The van der Waals surface area contributed by atoms with Crippen LogP contribution in [-0.4, -0.2) is 54.1 Å². The van der Waals surface area contributed by atoms with Gasteiger partial charge in [0.2, 0.25) is 0 Å².